The summed E-state index contributed by atoms with van der Waals surface area (Å²) in [4.78, 5) is 0. The first-order valence-corrected chi connectivity index (χ1v) is 8.16. The van der Waals surface area contributed by atoms with E-state index in [1.807, 2.05) is 12.1 Å². The van der Waals surface area contributed by atoms with Crippen LogP contribution in [0.5, 0.6) is 0 Å². The molecular weight excluding hydrogens is 326 g/mol. The maximum Gasteiger partial charge on any atom is 0.352 e. The Balaban J connectivity index is 2.95. The largest absolute Gasteiger partial charge is 0.352 e. The smallest absolute Gasteiger partial charge is 0.308 e. The first-order chi connectivity index (χ1) is 8.03. The van der Waals surface area contributed by atoms with Crippen LogP contribution in [0.4, 0.5) is 0 Å². The van der Waals surface area contributed by atoms with Gasteiger partial charge in [0, 0.05) is 4.47 Å². The molecule has 0 radical (unpaired) electrons. The van der Waals surface area contributed by atoms with Crippen molar-refractivity contribution in [3.8, 4) is 0 Å². The zero-order valence-corrected chi connectivity index (χ0v) is 13.0. The van der Waals surface area contributed by atoms with Crippen molar-refractivity contribution in [2.75, 3.05) is 13.2 Å². The van der Waals surface area contributed by atoms with E-state index in [-0.39, 0.29) is 0 Å². The summed E-state index contributed by atoms with van der Waals surface area (Å²) in [6, 6.07) is 7.28. The fourth-order valence-corrected chi connectivity index (χ4v) is 3.67. The molecule has 1 aromatic rings. The Bertz CT molecular complexity index is 386. The van der Waals surface area contributed by atoms with Crippen LogP contribution >= 0.6 is 35.1 Å². The molecule has 1 unspecified atom stereocenters. The van der Waals surface area contributed by atoms with E-state index in [4.69, 9.17) is 20.6 Å². The molecule has 0 aliphatic heterocycles. The molecular formula is C11H15BrClO3P. The van der Waals surface area contributed by atoms with Crippen molar-refractivity contribution in [3.63, 3.8) is 0 Å². The van der Waals surface area contributed by atoms with Gasteiger partial charge in [-0.1, -0.05) is 28.1 Å². The monoisotopic (exact) mass is 340 g/mol. The van der Waals surface area contributed by atoms with Crippen LogP contribution in [0.25, 0.3) is 0 Å². The summed E-state index contributed by atoms with van der Waals surface area (Å²) in [5.41, 5.74) is 0.722. The van der Waals surface area contributed by atoms with Crippen molar-refractivity contribution >= 4 is 35.1 Å². The van der Waals surface area contributed by atoms with Crippen LogP contribution < -0.4 is 0 Å². The van der Waals surface area contributed by atoms with E-state index in [0.717, 1.165) is 10.0 Å². The first-order valence-electron chi connectivity index (χ1n) is 5.31. The lowest BCUT2D eigenvalue weighted by Crippen LogP contribution is -2.02. The maximum atomic E-state index is 12.4. The van der Waals surface area contributed by atoms with Crippen LogP contribution in [0.1, 0.15) is 24.5 Å². The van der Waals surface area contributed by atoms with Crippen LogP contribution in [-0.4, -0.2) is 13.2 Å². The van der Waals surface area contributed by atoms with Crippen molar-refractivity contribution in [1.82, 2.24) is 0 Å². The van der Waals surface area contributed by atoms with Gasteiger partial charge in [0.2, 0.25) is 0 Å². The highest BCUT2D eigenvalue weighted by molar-refractivity contribution is 9.10. The predicted octanol–water partition coefficient (Wildman–Crippen LogP) is 4.95. The van der Waals surface area contributed by atoms with Gasteiger partial charge in [-0.15, -0.1) is 11.6 Å². The fraction of sp³-hybridized carbons (Fsp3) is 0.455. The Hall–Kier alpha value is 0.140. The van der Waals surface area contributed by atoms with Crippen molar-refractivity contribution in [2.45, 2.75) is 19.0 Å². The van der Waals surface area contributed by atoms with Crippen molar-refractivity contribution in [1.29, 1.82) is 0 Å². The summed E-state index contributed by atoms with van der Waals surface area (Å²) in [5.74, 6) is 0. The number of benzene rings is 1. The van der Waals surface area contributed by atoms with Gasteiger partial charge in [-0.05, 0) is 31.5 Å². The zero-order chi connectivity index (χ0) is 12.9. The van der Waals surface area contributed by atoms with E-state index in [2.05, 4.69) is 15.9 Å². The minimum atomic E-state index is -3.30. The molecule has 17 heavy (non-hydrogen) atoms. The lowest BCUT2D eigenvalue weighted by molar-refractivity contribution is 0.218. The van der Waals surface area contributed by atoms with E-state index < -0.39 is 12.7 Å². The summed E-state index contributed by atoms with van der Waals surface area (Å²) >= 11 is 9.53. The number of alkyl halides is 1. The average Bonchev–Trinajstić information content (AvgIpc) is 2.30. The van der Waals surface area contributed by atoms with Crippen molar-refractivity contribution < 1.29 is 13.6 Å². The van der Waals surface area contributed by atoms with Gasteiger partial charge in [0.1, 0.15) is 0 Å². The second kappa shape index (κ2) is 6.91. The summed E-state index contributed by atoms with van der Waals surface area (Å²) in [6.07, 6.45) is 0. The average molecular weight is 342 g/mol. The summed E-state index contributed by atoms with van der Waals surface area (Å²) in [6.45, 7) is 4.13. The lowest BCUT2D eigenvalue weighted by atomic mass is 10.2. The lowest BCUT2D eigenvalue weighted by Gasteiger charge is -2.21. The highest BCUT2D eigenvalue weighted by Gasteiger charge is 2.35. The van der Waals surface area contributed by atoms with Gasteiger partial charge < -0.3 is 9.05 Å². The van der Waals surface area contributed by atoms with E-state index in [1.165, 1.54) is 0 Å². The molecule has 0 aliphatic rings. The van der Waals surface area contributed by atoms with E-state index in [1.54, 1.807) is 26.0 Å². The normalized spacial score (nSPS) is 13.6. The third-order valence-corrected chi connectivity index (χ3v) is 5.63. The number of rotatable bonds is 6. The Morgan fingerprint density at radius 3 is 2.12 bits per heavy atom. The number of halogens is 2. The summed E-state index contributed by atoms with van der Waals surface area (Å²) < 4.78 is 23.8. The number of hydrogen-bond acceptors (Lipinski definition) is 3. The molecule has 6 heteroatoms. The second-order valence-electron chi connectivity index (χ2n) is 3.26. The second-order valence-corrected chi connectivity index (χ2v) is 7.03. The summed E-state index contributed by atoms with van der Waals surface area (Å²) in [5, 5.41) is -0.782. The Labute approximate surface area is 115 Å². The molecule has 0 saturated carbocycles. The fourth-order valence-electron chi connectivity index (χ4n) is 1.33. The Morgan fingerprint density at radius 2 is 1.71 bits per heavy atom. The molecule has 0 aromatic heterocycles. The third-order valence-electron chi connectivity index (χ3n) is 2.04. The predicted molar refractivity (Wildman–Crippen MR) is 73.6 cm³/mol. The van der Waals surface area contributed by atoms with Gasteiger partial charge in [-0.25, -0.2) is 0 Å². The van der Waals surface area contributed by atoms with Gasteiger partial charge >= 0.3 is 7.60 Å². The van der Waals surface area contributed by atoms with Crippen molar-refractivity contribution in [2.24, 2.45) is 0 Å². The molecule has 0 bridgehead atoms. The van der Waals surface area contributed by atoms with E-state index in [0.29, 0.717) is 13.2 Å². The topological polar surface area (TPSA) is 35.5 Å². The Kier molecular flexibility index (Phi) is 6.18. The molecule has 1 rings (SSSR count). The minimum absolute atomic E-state index is 0.303. The molecule has 0 heterocycles. The standard InChI is InChI=1S/C11H15BrClO3P/c1-3-15-17(14,16-4-2)11(13)9-5-7-10(12)8-6-9/h5-8,11H,3-4H2,1-2H3. The van der Waals surface area contributed by atoms with Gasteiger partial charge in [0.05, 0.1) is 13.2 Å². The SMILES string of the molecule is CCOP(=O)(OCC)C(Cl)c1ccc(Br)cc1. The highest BCUT2D eigenvalue weighted by atomic mass is 79.9. The van der Waals surface area contributed by atoms with Crippen LogP contribution in [0.15, 0.2) is 28.7 Å². The first kappa shape index (κ1) is 15.2. The molecule has 0 spiro atoms. The molecule has 0 fully saturated rings. The zero-order valence-electron chi connectivity index (χ0n) is 9.73. The Morgan fingerprint density at radius 1 is 1.24 bits per heavy atom. The third kappa shape index (κ3) is 4.08. The molecule has 0 aliphatic carbocycles. The maximum absolute atomic E-state index is 12.4. The minimum Gasteiger partial charge on any atom is -0.308 e. The van der Waals surface area contributed by atoms with E-state index in [9.17, 15) is 4.57 Å². The van der Waals surface area contributed by atoms with Gasteiger partial charge in [-0.2, -0.15) is 0 Å². The van der Waals surface area contributed by atoms with Crippen LogP contribution in [0.2, 0.25) is 0 Å². The highest BCUT2D eigenvalue weighted by Crippen LogP contribution is 2.62. The van der Waals surface area contributed by atoms with Crippen LogP contribution in [-0.2, 0) is 13.6 Å². The molecule has 1 atom stereocenters. The van der Waals surface area contributed by atoms with Crippen LogP contribution in [0, 0.1) is 0 Å². The van der Waals surface area contributed by atoms with Gasteiger partial charge in [0.25, 0.3) is 0 Å². The molecule has 3 nitrogen and oxygen atoms in total. The molecule has 0 amide bonds. The molecule has 0 saturated heterocycles. The van der Waals surface area contributed by atoms with Gasteiger partial charge in [-0.3, -0.25) is 4.57 Å². The van der Waals surface area contributed by atoms with Crippen molar-refractivity contribution in [3.05, 3.63) is 34.3 Å². The van der Waals surface area contributed by atoms with Gasteiger partial charge in [0.15, 0.2) is 5.12 Å². The van der Waals surface area contributed by atoms with Crippen LogP contribution in [0.3, 0.4) is 0 Å². The molecule has 0 N–H and O–H groups in total. The molecule has 96 valence electrons. The summed E-state index contributed by atoms with van der Waals surface area (Å²) in [7, 11) is -3.30. The number of hydrogen-bond donors (Lipinski definition) is 0. The molecule has 1 aromatic carbocycles. The quantitative estimate of drug-likeness (QED) is 0.542. The van der Waals surface area contributed by atoms with E-state index >= 15 is 0 Å².